The van der Waals surface area contributed by atoms with Gasteiger partial charge >= 0.3 is 0 Å². The van der Waals surface area contributed by atoms with Crippen LogP contribution in [-0.2, 0) is 10.0 Å². The standard InChI is InChI=1S/C16H24N4O6S/c1-17-4-6-18(7-5-17)27(25,26)14-2-3-15(16(9-14)20(23)24)19-10-13(22)8-12(19)11-21/h2-3,9,12-13,21-22H,4-8,10-11H2,1H3. The zero-order chi connectivity index (χ0) is 19.8. The molecule has 2 heterocycles. The van der Waals surface area contributed by atoms with Crippen molar-refractivity contribution < 1.29 is 23.6 Å². The average Bonchev–Trinajstić information content (AvgIpc) is 3.02. The number of β-amino-alcohol motifs (C(OH)–C–C–N with tert-alkyl or cyclic N) is 1. The first kappa shape index (κ1) is 20.0. The van der Waals surface area contributed by atoms with Gasteiger partial charge in [-0.05, 0) is 25.6 Å². The van der Waals surface area contributed by atoms with Gasteiger partial charge in [-0.3, -0.25) is 10.1 Å². The molecule has 2 aliphatic heterocycles. The smallest absolute Gasteiger partial charge is 0.293 e. The minimum Gasteiger partial charge on any atom is -0.394 e. The van der Waals surface area contributed by atoms with Crippen molar-refractivity contribution in [3.8, 4) is 0 Å². The molecule has 0 bridgehead atoms. The summed E-state index contributed by atoms with van der Waals surface area (Å²) in [4.78, 5) is 14.4. The number of rotatable bonds is 5. The molecule has 1 aromatic carbocycles. The zero-order valence-electron chi connectivity index (χ0n) is 15.1. The van der Waals surface area contributed by atoms with Crippen LogP contribution in [-0.4, -0.2) is 91.3 Å². The van der Waals surface area contributed by atoms with Crippen molar-refractivity contribution in [2.45, 2.75) is 23.5 Å². The number of nitro groups is 1. The quantitative estimate of drug-likeness (QED) is 0.498. The normalized spacial score (nSPS) is 25.1. The lowest BCUT2D eigenvalue weighted by Gasteiger charge is -2.31. The van der Waals surface area contributed by atoms with E-state index >= 15 is 0 Å². The molecule has 0 saturated carbocycles. The molecule has 10 nitrogen and oxygen atoms in total. The van der Waals surface area contributed by atoms with Crippen LogP contribution in [0, 0.1) is 10.1 Å². The fourth-order valence-electron chi connectivity index (χ4n) is 3.59. The van der Waals surface area contributed by atoms with E-state index in [-0.39, 0.29) is 29.4 Å². The fraction of sp³-hybridized carbons (Fsp3) is 0.625. The van der Waals surface area contributed by atoms with Crippen molar-refractivity contribution in [3.05, 3.63) is 28.3 Å². The van der Waals surface area contributed by atoms with Gasteiger partial charge in [0.15, 0.2) is 0 Å². The summed E-state index contributed by atoms with van der Waals surface area (Å²) in [6.07, 6.45) is -0.398. The third-order valence-corrected chi connectivity index (χ3v) is 7.05. The number of sulfonamides is 1. The number of anilines is 1. The number of piperazine rings is 1. The predicted octanol–water partition coefficient (Wildman–Crippen LogP) is -0.537. The Morgan fingerprint density at radius 3 is 2.52 bits per heavy atom. The van der Waals surface area contributed by atoms with E-state index in [9.17, 15) is 28.7 Å². The Kier molecular flexibility index (Phi) is 5.68. The molecule has 2 N–H and O–H groups in total. The first-order valence-corrected chi connectivity index (χ1v) is 10.2. The molecule has 0 spiro atoms. The van der Waals surface area contributed by atoms with Crippen LogP contribution in [0.5, 0.6) is 0 Å². The molecule has 2 atom stereocenters. The van der Waals surface area contributed by atoms with Crippen LogP contribution < -0.4 is 4.90 Å². The molecule has 2 fully saturated rings. The maximum atomic E-state index is 12.9. The van der Waals surface area contributed by atoms with Crippen LogP contribution in [0.3, 0.4) is 0 Å². The predicted molar refractivity (Wildman–Crippen MR) is 98.2 cm³/mol. The number of nitrogens with zero attached hydrogens (tertiary/aromatic N) is 4. The summed E-state index contributed by atoms with van der Waals surface area (Å²) in [5, 5.41) is 30.9. The number of aliphatic hydroxyl groups is 2. The summed E-state index contributed by atoms with van der Waals surface area (Å²) in [5.74, 6) is 0. The molecule has 27 heavy (non-hydrogen) atoms. The molecule has 1 aromatic rings. The van der Waals surface area contributed by atoms with E-state index in [1.807, 2.05) is 11.9 Å². The van der Waals surface area contributed by atoms with Gasteiger partial charge in [0, 0.05) is 38.8 Å². The van der Waals surface area contributed by atoms with E-state index in [0.717, 1.165) is 6.07 Å². The molecular formula is C16H24N4O6S. The Morgan fingerprint density at radius 1 is 1.26 bits per heavy atom. The third kappa shape index (κ3) is 3.92. The molecule has 2 aliphatic rings. The Bertz CT molecular complexity index is 809. The highest BCUT2D eigenvalue weighted by atomic mass is 32.2. The van der Waals surface area contributed by atoms with Gasteiger partial charge in [0.1, 0.15) is 5.69 Å². The van der Waals surface area contributed by atoms with Crippen LogP contribution in [0.1, 0.15) is 6.42 Å². The maximum Gasteiger partial charge on any atom is 0.293 e. The monoisotopic (exact) mass is 400 g/mol. The van der Waals surface area contributed by atoms with Crippen molar-refractivity contribution >= 4 is 21.4 Å². The topological polar surface area (TPSA) is 127 Å². The van der Waals surface area contributed by atoms with Crippen LogP contribution in [0.2, 0.25) is 0 Å². The van der Waals surface area contributed by atoms with Crippen molar-refractivity contribution in [2.24, 2.45) is 0 Å². The van der Waals surface area contributed by atoms with Gasteiger partial charge in [0.05, 0.1) is 28.6 Å². The van der Waals surface area contributed by atoms with Crippen LogP contribution in [0.4, 0.5) is 11.4 Å². The summed E-state index contributed by atoms with van der Waals surface area (Å²) in [6, 6.07) is 3.37. The SMILES string of the molecule is CN1CCN(S(=O)(=O)c2ccc(N3CC(O)CC3CO)c([N+](=O)[O-])c2)CC1. The van der Waals surface area contributed by atoms with Gasteiger partial charge in [-0.2, -0.15) is 4.31 Å². The fourth-order valence-corrected chi connectivity index (χ4v) is 5.03. The second-order valence-corrected chi connectivity index (χ2v) is 8.93. The van der Waals surface area contributed by atoms with Crippen molar-refractivity contribution in [1.82, 2.24) is 9.21 Å². The van der Waals surface area contributed by atoms with Gasteiger partial charge in [-0.25, -0.2) is 8.42 Å². The first-order valence-electron chi connectivity index (χ1n) is 8.76. The van der Waals surface area contributed by atoms with E-state index < -0.39 is 27.1 Å². The van der Waals surface area contributed by atoms with Gasteiger partial charge in [-0.1, -0.05) is 0 Å². The average molecular weight is 400 g/mol. The molecule has 0 radical (unpaired) electrons. The van der Waals surface area contributed by atoms with Crippen LogP contribution in [0.25, 0.3) is 0 Å². The van der Waals surface area contributed by atoms with Crippen molar-refractivity contribution in [2.75, 3.05) is 51.3 Å². The lowest BCUT2D eigenvalue weighted by Crippen LogP contribution is -2.47. The van der Waals surface area contributed by atoms with E-state index in [2.05, 4.69) is 0 Å². The molecule has 3 rings (SSSR count). The number of benzene rings is 1. The summed E-state index contributed by atoms with van der Waals surface area (Å²) in [5.41, 5.74) is -0.148. The Morgan fingerprint density at radius 2 is 1.93 bits per heavy atom. The van der Waals surface area contributed by atoms with E-state index in [1.165, 1.54) is 16.4 Å². The van der Waals surface area contributed by atoms with Crippen LogP contribution in [0.15, 0.2) is 23.1 Å². The summed E-state index contributed by atoms with van der Waals surface area (Å²) >= 11 is 0. The highest BCUT2D eigenvalue weighted by Gasteiger charge is 2.36. The third-order valence-electron chi connectivity index (χ3n) is 5.16. The number of hydrogen-bond donors (Lipinski definition) is 2. The molecule has 150 valence electrons. The number of likely N-dealkylation sites (N-methyl/N-ethyl adjacent to an activating group) is 1. The van der Waals surface area contributed by atoms with Gasteiger partial charge < -0.3 is 20.0 Å². The van der Waals surface area contributed by atoms with E-state index in [0.29, 0.717) is 32.6 Å². The molecule has 0 amide bonds. The minimum absolute atomic E-state index is 0.122. The summed E-state index contributed by atoms with van der Waals surface area (Å²) in [6.45, 7) is 1.76. The Balaban J connectivity index is 1.95. The van der Waals surface area contributed by atoms with Crippen molar-refractivity contribution in [3.63, 3.8) is 0 Å². The Hall–Kier alpha value is -1.79. The largest absolute Gasteiger partial charge is 0.394 e. The molecule has 2 unspecified atom stereocenters. The van der Waals surface area contributed by atoms with Crippen molar-refractivity contribution in [1.29, 1.82) is 0 Å². The second kappa shape index (κ2) is 7.68. The minimum atomic E-state index is -3.83. The molecule has 0 aliphatic carbocycles. The molecular weight excluding hydrogens is 376 g/mol. The molecule has 2 saturated heterocycles. The van der Waals surface area contributed by atoms with Gasteiger partial charge in [-0.15, -0.1) is 0 Å². The van der Waals surface area contributed by atoms with Gasteiger partial charge in [0.25, 0.3) is 5.69 Å². The number of aliphatic hydroxyl groups excluding tert-OH is 2. The second-order valence-electron chi connectivity index (χ2n) is 6.99. The lowest BCUT2D eigenvalue weighted by atomic mass is 10.2. The molecule has 11 heteroatoms. The lowest BCUT2D eigenvalue weighted by molar-refractivity contribution is -0.384. The first-order chi connectivity index (χ1) is 12.7. The molecule has 0 aromatic heterocycles. The van der Waals surface area contributed by atoms with Crippen LogP contribution >= 0.6 is 0 Å². The summed E-state index contributed by atoms with van der Waals surface area (Å²) in [7, 11) is -1.92. The van der Waals surface area contributed by atoms with Gasteiger partial charge in [0.2, 0.25) is 10.0 Å². The summed E-state index contributed by atoms with van der Waals surface area (Å²) < 4.78 is 27.1. The number of nitro benzene ring substituents is 1. The highest BCUT2D eigenvalue weighted by Crippen LogP contribution is 2.36. The number of hydrogen-bond acceptors (Lipinski definition) is 8. The Labute approximate surface area is 157 Å². The van der Waals surface area contributed by atoms with E-state index in [1.54, 1.807) is 4.90 Å². The zero-order valence-corrected chi connectivity index (χ0v) is 15.9. The highest BCUT2D eigenvalue weighted by molar-refractivity contribution is 7.89. The van der Waals surface area contributed by atoms with E-state index in [4.69, 9.17) is 0 Å². The maximum absolute atomic E-state index is 12.9.